The van der Waals surface area contributed by atoms with Crippen molar-refractivity contribution < 1.29 is 14.4 Å². The van der Waals surface area contributed by atoms with Gasteiger partial charge in [-0.15, -0.1) is 11.8 Å². The molecule has 2 aromatic carbocycles. The monoisotopic (exact) mass is 497 g/mol. The largest absolute Gasteiger partial charge is 0.324 e. The van der Waals surface area contributed by atoms with E-state index >= 15 is 0 Å². The van der Waals surface area contributed by atoms with Crippen molar-refractivity contribution in [3.8, 4) is 0 Å². The van der Waals surface area contributed by atoms with E-state index in [0.717, 1.165) is 16.3 Å². The van der Waals surface area contributed by atoms with E-state index in [1.165, 1.54) is 11.8 Å². The van der Waals surface area contributed by atoms with Crippen molar-refractivity contribution in [2.45, 2.75) is 43.9 Å². The van der Waals surface area contributed by atoms with Gasteiger partial charge in [-0.3, -0.25) is 19.1 Å². The van der Waals surface area contributed by atoms with Crippen LogP contribution in [-0.2, 0) is 9.59 Å². The standard InChI is InChI=1S/C24H24ClN5O3S/c1-12-9-13(2)30(29-12)14(3)22(31)27-19-7-6-17(11-18(19)25)26-24(33)16-5-8-21-20(10-16)28-23(32)15(4)34-21/h5-11,14-15H,1-4H3,(H,26,33)(H,27,31)(H,28,32)/t14-,15-/m1/s1. The quantitative estimate of drug-likeness (QED) is 0.458. The Hall–Kier alpha value is -3.30. The number of aromatic nitrogens is 2. The predicted octanol–water partition coefficient (Wildman–Crippen LogP) is 5.04. The number of nitrogens with one attached hydrogen (secondary N) is 3. The zero-order chi connectivity index (χ0) is 24.6. The van der Waals surface area contributed by atoms with E-state index in [2.05, 4.69) is 21.0 Å². The van der Waals surface area contributed by atoms with Crippen molar-refractivity contribution in [2.24, 2.45) is 0 Å². The Morgan fingerprint density at radius 1 is 1.15 bits per heavy atom. The first-order valence-electron chi connectivity index (χ1n) is 10.7. The van der Waals surface area contributed by atoms with Crippen molar-refractivity contribution in [3.05, 3.63) is 64.4 Å². The lowest BCUT2D eigenvalue weighted by Gasteiger charge is -2.21. The number of fused-ring (bicyclic) bond motifs is 1. The summed E-state index contributed by atoms with van der Waals surface area (Å²) in [6, 6.07) is 11.4. The smallest absolute Gasteiger partial charge is 0.255 e. The van der Waals surface area contributed by atoms with Crippen LogP contribution in [0.2, 0.25) is 5.02 Å². The average Bonchev–Trinajstić information content (AvgIpc) is 3.13. The summed E-state index contributed by atoms with van der Waals surface area (Å²) in [6.07, 6.45) is 0. The molecule has 2 heterocycles. The van der Waals surface area contributed by atoms with Crippen molar-refractivity contribution in [3.63, 3.8) is 0 Å². The van der Waals surface area contributed by atoms with Gasteiger partial charge in [0.05, 0.1) is 27.3 Å². The third-order valence-electron chi connectivity index (χ3n) is 5.45. The molecule has 0 saturated carbocycles. The normalized spacial score (nSPS) is 15.8. The first kappa shape index (κ1) is 23.8. The van der Waals surface area contributed by atoms with Crippen LogP contribution in [0.3, 0.4) is 0 Å². The Morgan fingerprint density at radius 3 is 2.59 bits per heavy atom. The third-order valence-corrected chi connectivity index (χ3v) is 6.94. The lowest BCUT2D eigenvalue weighted by atomic mass is 10.1. The molecule has 3 N–H and O–H groups in total. The number of carbonyl (C=O) groups excluding carboxylic acids is 3. The molecule has 0 aliphatic carbocycles. The predicted molar refractivity (Wildman–Crippen MR) is 135 cm³/mol. The maximum absolute atomic E-state index is 12.7. The van der Waals surface area contributed by atoms with Crippen LogP contribution >= 0.6 is 23.4 Å². The zero-order valence-corrected chi connectivity index (χ0v) is 20.7. The molecule has 3 aromatic rings. The van der Waals surface area contributed by atoms with Crippen LogP contribution in [0, 0.1) is 13.8 Å². The first-order valence-corrected chi connectivity index (χ1v) is 11.9. The van der Waals surface area contributed by atoms with Crippen molar-refractivity contribution in [1.29, 1.82) is 0 Å². The molecule has 34 heavy (non-hydrogen) atoms. The van der Waals surface area contributed by atoms with E-state index in [-0.39, 0.29) is 28.0 Å². The number of hydrogen-bond acceptors (Lipinski definition) is 5. The molecule has 3 amide bonds. The fourth-order valence-electron chi connectivity index (χ4n) is 3.63. The second kappa shape index (κ2) is 9.52. The Morgan fingerprint density at radius 2 is 1.91 bits per heavy atom. The summed E-state index contributed by atoms with van der Waals surface area (Å²) in [5.74, 6) is -0.688. The molecule has 176 valence electrons. The van der Waals surface area contributed by atoms with Crippen LogP contribution in [0.15, 0.2) is 47.4 Å². The van der Waals surface area contributed by atoms with Crippen LogP contribution in [-0.4, -0.2) is 32.8 Å². The molecule has 0 bridgehead atoms. The van der Waals surface area contributed by atoms with Crippen LogP contribution in [0.1, 0.15) is 41.6 Å². The molecule has 8 nitrogen and oxygen atoms in total. The number of nitrogens with zero attached hydrogens (tertiary/aromatic N) is 2. The second-order valence-electron chi connectivity index (χ2n) is 8.15. The first-order chi connectivity index (χ1) is 16.1. The number of rotatable bonds is 5. The minimum absolute atomic E-state index is 0.0911. The van der Waals surface area contributed by atoms with Gasteiger partial charge in [0.2, 0.25) is 11.8 Å². The highest BCUT2D eigenvalue weighted by Gasteiger charge is 2.24. The van der Waals surface area contributed by atoms with E-state index < -0.39 is 6.04 Å². The van der Waals surface area contributed by atoms with E-state index in [4.69, 9.17) is 11.6 Å². The maximum Gasteiger partial charge on any atom is 0.255 e. The fraction of sp³-hybridized carbons (Fsp3) is 0.250. The Labute approximate surface area is 206 Å². The lowest BCUT2D eigenvalue weighted by molar-refractivity contribution is -0.119. The highest BCUT2D eigenvalue weighted by molar-refractivity contribution is 8.00. The van der Waals surface area contributed by atoms with Gasteiger partial charge in [-0.05, 0) is 70.2 Å². The minimum Gasteiger partial charge on any atom is -0.324 e. The van der Waals surface area contributed by atoms with Crippen molar-refractivity contribution >= 4 is 58.1 Å². The molecule has 1 aromatic heterocycles. The van der Waals surface area contributed by atoms with Crippen LogP contribution < -0.4 is 16.0 Å². The lowest BCUT2D eigenvalue weighted by Crippen LogP contribution is -2.26. The molecule has 0 spiro atoms. The fourth-order valence-corrected chi connectivity index (χ4v) is 4.79. The van der Waals surface area contributed by atoms with E-state index in [1.807, 2.05) is 32.9 Å². The SMILES string of the molecule is Cc1cc(C)n([C@H](C)C(=O)Nc2ccc(NC(=O)c3ccc4c(c3)NC(=O)[C@@H](C)S4)cc2Cl)n1. The molecule has 4 rings (SSSR count). The van der Waals surface area contributed by atoms with Gasteiger partial charge < -0.3 is 16.0 Å². The summed E-state index contributed by atoms with van der Waals surface area (Å²) in [4.78, 5) is 38.3. The van der Waals surface area contributed by atoms with Gasteiger partial charge >= 0.3 is 0 Å². The molecule has 0 radical (unpaired) electrons. The second-order valence-corrected chi connectivity index (χ2v) is 9.94. The zero-order valence-electron chi connectivity index (χ0n) is 19.1. The van der Waals surface area contributed by atoms with Gasteiger partial charge in [0, 0.05) is 21.8 Å². The highest BCUT2D eigenvalue weighted by Crippen LogP contribution is 2.36. The van der Waals surface area contributed by atoms with E-state index in [9.17, 15) is 14.4 Å². The third kappa shape index (κ3) is 4.95. The molecule has 10 heteroatoms. The molecule has 0 saturated heterocycles. The number of thioether (sulfide) groups is 1. The molecule has 2 atom stereocenters. The summed E-state index contributed by atoms with van der Waals surface area (Å²) in [7, 11) is 0. The number of halogens is 1. The number of aryl methyl sites for hydroxylation is 2. The molecular formula is C24H24ClN5O3S. The summed E-state index contributed by atoms with van der Waals surface area (Å²) in [5, 5.41) is 12.9. The number of carbonyl (C=O) groups is 3. The van der Waals surface area contributed by atoms with E-state index in [0.29, 0.717) is 22.6 Å². The molecule has 0 unspecified atom stereocenters. The number of benzene rings is 2. The Kier molecular flexibility index (Phi) is 6.67. The van der Waals surface area contributed by atoms with Gasteiger partial charge in [-0.1, -0.05) is 11.6 Å². The van der Waals surface area contributed by atoms with Gasteiger partial charge in [0.25, 0.3) is 5.91 Å². The summed E-state index contributed by atoms with van der Waals surface area (Å²) < 4.78 is 1.66. The topological polar surface area (TPSA) is 105 Å². The van der Waals surface area contributed by atoms with Crippen LogP contribution in [0.5, 0.6) is 0 Å². The molecule has 0 fully saturated rings. The Balaban J connectivity index is 1.44. The molecule has 1 aliphatic heterocycles. The van der Waals surface area contributed by atoms with Crippen LogP contribution in [0.4, 0.5) is 17.1 Å². The van der Waals surface area contributed by atoms with Gasteiger partial charge in [0.15, 0.2) is 0 Å². The number of amides is 3. The number of hydrogen-bond donors (Lipinski definition) is 3. The minimum atomic E-state index is -0.519. The van der Waals surface area contributed by atoms with Gasteiger partial charge in [-0.25, -0.2) is 0 Å². The number of anilines is 3. The summed E-state index contributed by atoms with van der Waals surface area (Å²) in [6.45, 7) is 7.36. The van der Waals surface area contributed by atoms with Gasteiger partial charge in [0.1, 0.15) is 6.04 Å². The van der Waals surface area contributed by atoms with Crippen molar-refractivity contribution in [2.75, 3.05) is 16.0 Å². The average molecular weight is 498 g/mol. The van der Waals surface area contributed by atoms with Crippen molar-refractivity contribution in [1.82, 2.24) is 9.78 Å². The van der Waals surface area contributed by atoms with Gasteiger partial charge in [-0.2, -0.15) is 5.10 Å². The van der Waals surface area contributed by atoms with Crippen LogP contribution in [0.25, 0.3) is 0 Å². The Bertz CT molecular complexity index is 1310. The maximum atomic E-state index is 12.7. The van der Waals surface area contributed by atoms with E-state index in [1.54, 1.807) is 41.9 Å². The summed E-state index contributed by atoms with van der Waals surface area (Å²) >= 11 is 7.83. The summed E-state index contributed by atoms with van der Waals surface area (Å²) in [5.41, 5.74) is 3.66. The highest BCUT2D eigenvalue weighted by atomic mass is 35.5. The molecular weight excluding hydrogens is 474 g/mol. The molecule has 1 aliphatic rings.